The number of carboxylic acid groups (broad SMARTS) is 1. The summed E-state index contributed by atoms with van der Waals surface area (Å²) in [5.74, 6) is -2.42. The zero-order valence-electron chi connectivity index (χ0n) is 29.9. The fourth-order valence-electron chi connectivity index (χ4n) is 7.13. The van der Waals surface area contributed by atoms with E-state index in [4.69, 9.17) is 10.2 Å². The lowest BCUT2D eigenvalue weighted by molar-refractivity contribution is -0.138. The number of H-pyrrole nitrogens is 1. The minimum atomic E-state index is -4.58. The molecular weight excluding hydrogens is 716 g/mol. The Hall–Kier alpha value is -5.18. The molecule has 282 valence electrons. The summed E-state index contributed by atoms with van der Waals surface area (Å²) in [4.78, 5) is 39.1. The molecule has 1 atom stereocenters. The number of amides is 1. The summed E-state index contributed by atoms with van der Waals surface area (Å²) >= 11 is 0. The highest BCUT2D eigenvalue weighted by Gasteiger charge is 2.35. The zero-order chi connectivity index (χ0) is 37.5. The monoisotopic (exact) mass is 756 g/mol. The van der Waals surface area contributed by atoms with Gasteiger partial charge in [0.1, 0.15) is 18.4 Å². The van der Waals surface area contributed by atoms with Gasteiger partial charge in [-0.1, -0.05) is 45.9 Å². The van der Waals surface area contributed by atoms with Crippen LogP contribution in [0.5, 0.6) is 0 Å². The van der Waals surface area contributed by atoms with E-state index in [-0.39, 0.29) is 36.4 Å². The number of aromatic nitrogens is 5. The number of hydrogen-bond donors (Lipinski definition) is 3. The Kier molecular flexibility index (Phi) is 11.4. The molecule has 6 rings (SSSR count). The van der Waals surface area contributed by atoms with Crippen LogP contribution in [0.2, 0.25) is 0 Å². The summed E-state index contributed by atoms with van der Waals surface area (Å²) in [5.41, 5.74) is 5.04. The van der Waals surface area contributed by atoms with Gasteiger partial charge >= 0.3 is 12.1 Å². The summed E-state index contributed by atoms with van der Waals surface area (Å²) in [7, 11) is 1.67. The maximum atomic E-state index is 17.1. The number of aliphatic carboxylic acids is 1. The molecule has 0 saturated carbocycles. The smallest absolute Gasteiger partial charge is 0.419 e. The van der Waals surface area contributed by atoms with Crippen molar-refractivity contribution in [2.45, 2.75) is 65.7 Å². The van der Waals surface area contributed by atoms with Crippen molar-refractivity contribution in [3.05, 3.63) is 82.7 Å². The number of halogens is 5. The molecule has 2 aromatic carbocycles. The number of anilines is 2. The van der Waals surface area contributed by atoms with Gasteiger partial charge in [-0.3, -0.25) is 9.59 Å². The molecule has 5 aromatic rings. The number of rotatable bonds is 11. The van der Waals surface area contributed by atoms with Crippen LogP contribution < -0.4 is 15.1 Å². The highest BCUT2D eigenvalue weighted by atomic mass is 35.5. The molecule has 1 aliphatic heterocycles. The first-order valence-corrected chi connectivity index (χ1v) is 17.1. The third kappa shape index (κ3) is 7.39. The van der Waals surface area contributed by atoms with E-state index < -0.39 is 42.0 Å². The van der Waals surface area contributed by atoms with Crippen molar-refractivity contribution in [1.29, 1.82) is 0 Å². The largest absolute Gasteiger partial charge is 0.480 e. The van der Waals surface area contributed by atoms with Crippen molar-refractivity contribution in [2.75, 3.05) is 29.9 Å². The number of alkyl halides is 3. The summed E-state index contributed by atoms with van der Waals surface area (Å²) < 4.78 is 58.8. The van der Waals surface area contributed by atoms with Gasteiger partial charge in [-0.15, -0.1) is 12.4 Å². The number of nitrogens with zero attached hydrogens (tertiary/aromatic N) is 6. The molecule has 0 saturated heterocycles. The number of para-hydroxylation sites is 1. The Balaban J connectivity index is 0.00000541. The Morgan fingerprint density at radius 1 is 1.09 bits per heavy atom. The Labute approximate surface area is 309 Å². The highest BCUT2D eigenvalue weighted by Crippen LogP contribution is 2.43. The van der Waals surface area contributed by atoms with Gasteiger partial charge in [0, 0.05) is 67.7 Å². The predicted octanol–water partition coefficient (Wildman–Crippen LogP) is 6.74. The van der Waals surface area contributed by atoms with Crippen LogP contribution in [0.15, 0.2) is 48.9 Å². The van der Waals surface area contributed by atoms with Gasteiger partial charge in [-0.25, -0.2) is 19.0 Å². The van der Waals surface area contributed by atoms with E-state index >= 15 is 4.39 Å². The highest BCUT2D eigenvalue weighted by molar-refractivity contribution is 6.03. The molecule has 0 radical (unpaired) electrons. The van der Waals surface area contributed by atoms with E-state index in [1.54, 1.807) is 29.1 Å². The fourth-order valence-corrected chi connectivity index (χ4v) is 7.13. The molecule has 1 unspecified atom stereocenters. The van der Waals surface area contributed by atoms with Crippen LogP contribution in [0.3, 0.4) is 0 Å². The van der Waals surface area contributed by atoms with Crippen molar-refractivity contribution in [3.8, 4) is 16.9 Å². The number of nitrogens with one attached hydrogen (secondary N) is 2. The molecule has 16 heteroatoms. The first kappa shape index (κ1) is 39.0. The number of fused-ring (bicyclic) bond motifs is 2. The van der Waals surface area contributed by atoms with E-state index in [0.29, 0.717) is 53.7 Å². The third-order valence-electron chi connectivity index (χ3n) is 9.58. The lowest BCUT2D eigenvalue weighted by atomic mass is 9.95. The molecule has 53 heavy (non-hydrogen) atoms. The van der Waals surface area contributed by atoms with Crippen LogP contribution in [0.25, 0.3) is 27.8 Å². The number of likely N-dealkylation sites (N-methyl/N-ethyl adjacent to an activating group) is 1. The van der Waals surface area contributed by atoms with Crippen LogP contribution in [-0.2, 0) is 41.6 Å². The van der Waals surface area contributed by atoms with Gasteiger partial charge in [0.05, 0.1) is 33.8 Å². The summed E-state index contributed by atoms with van der Waals surface area (Å²) in [5, 5.41) is 17.2. The SMILES string of the molecule is CCc1cccc(CC)c1-n1nc2c(c1-c1c(F)cc(N(C)C(C(=O)NCC(=O)O)C(C)C)c3[nH]ccc13)CN(c1ncc(C(F)(F)F)cn1)CC2.Cl. The number of aryl methyl sites for hydroxylation is 2. The number of aromatic amines is 1. The molecule has 3 N–H and O–H groups in total. The molecular formula is C37H41ClF4N8O3. The van der Waals surface area contributed by atoms with Crippen molar-refractivity contribution >= 4 is 46.8 Å². The van der Waals surface area contributed by atoms with Gasteiger partial charge in [-0.2, -0.15) is 18.3 Å². The topological polar surface area (TPSA) is 132 Å². The third-order valence-corrected chi connectivity index (χ3v) is 9.58. The molecule has 3 aromatic heterocycles. The van der Waals surface area contributed by atoms with E-state index in [9.17, 15) is 22.8 Å². The zero-order valence-corrected chi connectivity index (χ0v) is 30.7. The van der Waals surface area contributed by atoms with Crippen molar-refractivity contribution in [1.82, 2.24) is 30.0 Å². The maximum absolute atomic E-state index is 17.1. The first-order chi connectivity index (χ1) is 24.7. The molecule has 0 bridgehead atoms. The van der Waals surface area contributed by atoms with E-state index in [2.05, 4.69) is 20.3 Å². The van der Waals surface area contributed by atoms with Crippen LogP contribution >= 0.6 is 12.4 Å². The first-order valence-electron chi connectivity index (χ1n) is 17.1. The van der Waals surface area contributed by atoms with Gasteiger partial charge in [0.15, 0.2) is 0 Å². The van der Waals surface area contributed by atoms with E-state index in [1.165, 1.54) is 6.07 Å². The van der Waals surface area contributed by atoms with E-state index in [0.717, 1.165) is 34.9 Å². The summed E-state index contributed by atoms with van der Waals surface area (Å²) in [6, 6.07) is 8.32. The Bertz CT molecular complexity index is 2110. The van der Waals surface area contributed by atoms with Gasteiger partial charge < -0.3 is 25.2 Å². The van der Waals surface area contributed by atoms with Crippen molar-refractivity contribution in [3.63, 3.8) is 0 Å². The Morgan fingerprint density at radius 2 is 1.75 bits per heavy atom. The van der Waals surface area contributed by atoms with Crippen LogP contribution in [-0.4, -0.2) is 67.9 Å². The minimum Gasteiger partial charge on any atom is -0.480 e. The van der Waals surface area contributed by atoms with E-state index in [1.807, 2.05) is 50.6 Å². The number of benzene rings is 2. The van der Waals surface area contributed by atoms with Crippen molar-refractivity contribution in [2.24, 2.45) is 5.92 Å². The van der Waals surface area contributed by atoms with Gasteiger partial charge in [-0.05, 0) is 36.0 Å². The van der Waals surface area contributed by atoms with Gasteiger partial charge in [0.25, 0.3) is 0 Å². The standard InChI is InChI=1S/C37H40F4N8O3.ClH/c1-6-21-9-8-10-22(7-2)33(21)49-34(25-19-48(14-12-27(25)46-49)36-44-16-23(17-45-36)37(39,40)41)30-24-11-13-42-31(24)28(15-26(30)38)47(5)32(20(3)4)35(52)43-18-29(50)51;/h8-11,13,15-17,20,32,42H,6-7,12,14,18-19H2,1-5H3,(H,43,52)(H,50,51);1H. The lowest BCUT2D eigenvalue weighted by Gasteiger charge is -2.32. The van der Waals surface area contributed by atoms with Crippen LogP contribution in [0, 0.1) is 11.7 Å². The quantitative estimate of drug-likeness (QED) is 0.126. The molecule has 1 amide bonds. The average molecular weight is 757 g/mol. The normalized spacial score (nSPS) is 13.5. The number of carbonyl (C=O) groups excluding carboxylic acids is 1. The molecule has 0 spiro atoms. The lowest BCUT2D eigenvalue weighted by Crippen LogP contribution is -2.49. The molecule has 1 aliphatic rings. The van der Waals surface area contributed by atoms with Crippen LogP contribution in [0.4, 0.5) is 29.2 Å². The predicted molar refractivity (Wildman–Crippen MR) is 196 cm³/mol. The molecule has 0 aliphatic carbocycles. The Morgan fingerprint density at radius 3 is 2.34 bits per heavy atom. The number of hydrogen-bond acceptors (Lipinski definition) is 7. The number of carboxylic acids is 1. The van der Waals surface area contributed by atoms with Gasteiger partial charge in [0.2, 0.25) is 11.9 Å². The fraction of sp³-hybridized carbons (Fsp3) is 0.378. The van der Waals surface area contributed by atoms with Crippen molar-refractivity contribution < 1.29 is 32.3 Å². The summed E-state index contributed by atoms with van der Waals surface area (Å²) in [6.07, 6.45) is 0.413. The second-order valence-electron chi connectivity index (χ2n) is 13.2. The minimum absolute atomic E-state index is 0. The second-order valence-corrected chi connectivity index (χ2v) is 13.2. The molecule has 0 fully saturated rings. The van der Waals surface area contributed by atoms with Crippen LogP contribution in [0.1, 0.15) is 55.6 Å². The maximum Gasteiger partial charge on any atom is 0.419 e. The molecule has 4 heterocycles. The molecule has 11 nitrogen and oxygen atoms in total. The summed E-state index contributed by atoms with van der Waals surface area (Å²) in [6.45, 7) is 7.73. The second kappa shape index (κ2) is 15.4. The number of carbonyl (C=O) groups is 2. The average Bonchev–Trinajstić information content (AvgIpc) is 3.74.